The summed E-state index contributed by atoms with van der Waals surface area (Å²) in [5.41, 5.74) is 1.27. The van der Waals surface area contributed by atoms with Gasteiger partial charge in [0.25, 0.3) is 0 Å². The molecule has 0 bridgehead atoms. The van der Waals surface area contributed by atoms with E-state index in [1.54, 1.807) is 7.11 Å². The van der Waals surface area contributed by atoms with Crippen molar-refractivity contribution in [1.82, 2.24) is 10.3 Å². The fourth-order valence-electron chi connectivity index (χ4n) is 1.85. The lowest BCUT2D eigenvalue weighted by molar-refractivity contribution is 0.392. The monoisotopic (exact) mass is 228 g/mol. The lowest BCUT2D eigenvalue weighted by Gasteiger charge is -2.23. The van der Waals surface area contributed by atoms with Crippen molar-refractivity contribution in [2.75, 3.05) is 13.7 Å². The average Bonchev–Trinajstić information content (AvgIpc) is 2.30. The predicted octanol–water partition coefficient (Wildman–Crippen LogP) is 2.33. The van der Waals surface area contributed by atoms with Crippen LogP contribution in [0, 0.1) is 0 Å². The Hall–Kier alpha value is -0.800. The molecule has 1 fully saturated rings. The molecule has 1 aliphatic rings. The van der Waals surface area contributed by atoms with E-state index in [1.165, 1.54) is 24.8 Å². The third-order valence-corrected chi connectivity index (χ3v) is 2.68. The number of aromatic nitrogens is 1. The number of pyridine rings is 1. The number of hydrogen-bond donors (Lipinski definition) is 1. The van der Waals surface area contributed by atoms with E-state index >= 15 is 0 Å². The summed E-state index contributed by atoms with van der Waals surface area (Å²) in [6.45, 7) is 1.12. The Morgan fingerprint density at radius 3 is 2.80 bits per heavy atom. The molecule has 0 aliphatic carbocycles. The Morgan fingerprint density at radius 1 is 1.40 bits per heavy atom. The molecule has 0 spiro atoms. The van der Waals surface area contributed by atoms with Crippen LogP contribution in [0.25, 0.3) is 0 Å². The highest BCUT2D eigenvalue weighted by atomic mass is 35.5. The zero-order chi connectivity index (χ0) is 9.80. The average molecular weight is 229 g/mol. The van der Waals surface area contributed by atoms with Crippen molar-refractivity contribution in [3.63, 3.8) is 0 Å². The first kappa shape index (κ1) is 12.3. The van der Waals surface area contributed by atoms with Crippen molar-refractivity contribution >= 4 is 12.4 Å². The molecule has 1 N–H and O–H groups in total. The molecule has 1 aromatic heterocycles. The summed E-state index contributed by atoms with van der Waals surface area (Å²) in [4.78, 5) is 4.21. The van der Waals surface area contributed by atoms with E-state index in [0.29, 0.717) is 11.9 Å². The highest BCUT2D eigenvalue weighted by Crippen LogP contribution is 2.22. The Morgan fingerprint density at radius 2 is 2.27 bits per heavy atom. The van der Waals surface area contributed by atoms with Crippen LogP contribution in [0.4, 0.5) is 0 Å². The lowest BCUT2D eigenvalue weighted by atomic mass is 9.99. The van der Waals surface area contributed by atoms with E-state index in [9.17, 15) is 0 Å². The van der Waals surface area contributed by atoms with Crippen molar-refractivity contribution in [2.24, 2.45) is 0 Å². The number of methoxy groups -OCH3 is 1. The van der Waals surface area contributed by atoms with Crippen molar-refractivity contribution in [1.29, 1.82) is 0 Å². The summed E-state index contributed by atoms with van der Waals surface area (Å²) in [5, 5.41) is 3.49. The van der Waals surface area contributed by atoms with E-state index in [4.69, 9.17) is 4.74 Å². The molecule has 84 valence electrons. The van der Waals surface area contributed by atoms with Gasteiger partial charge in [-0.2, -0.15) is 0 Å². The van der Waals surface area contributed by atoms with Gasteiger partial charge in [-0.15, -0.1) is 12.4 Å². The number of nitrogens with one attached hydrogen (secondary N) is 1. The third kappa shape index (κ3) is 3.08. The number of ether oxygens (including phenoxy) is 1. The van der Waals surface area contributed by atoms with Gasteiger partial charge >= 0.3 is 0 Å². The minimum atomic E-state index is 0. The summed E-state index contributed by atoms with van der Waals surface area (Å²) < 4.78 is 5.02. The quantitative estimate of drug-likeness (QED) is 0.844. The smallest absolute Gasteiger partial charge is 0.212 e. The maximum absolute atomic E-state index is 5.02. The first-order chi connectivity index (χ1) is 6.90. The second-order valence-corrected chi connectivity index (χ2v) is 3.64. The largest absolute Gasteiger partial charge is 0.481 e. The molecule has 3 nitrogen and oxygen atoms in total. The Labute approximate surface area is 96.7 Å². The molecule has 2 heterocycles. The second kappa shape index (κ2) is 5.93. The number of halogens is 1. The highest BCUT2D eigenvalue weighted by molar-refractivity contribution is 5.85. The summed E-state index contributed by atoms with van der Waals surface area (Å²) in [7, 11) is 1.64. The molecule has 0 saturated carbocycles. The Bertz CT molecular complexity index is 283. The Kier molecular flexibility index (Phi) is 4.85. The van der Waals surface area contributed by atoms with E-state index in [1.807, 2.05) is 12.3 Å². The molecule has 0 unspecified atom stereocenters. The van der Waals surface area contributed by atoms with E-state index in [0.717, 1.165) is 6.54 Å². The topological polar surface area (TPSA) is 34.1 Å². The van der Waals surface area contributed by atoms with Gasteiger partial charge < -0.3 is 10.1 Å². The fraction of sp³-hybridized carbons (Fsp3) is 0.545. The maximum Gasteiger partial charge on any atom is 0.212 e. The number of hydrogen-bond acceptors (Lipinski definition) is 3. The third-order valence-electron chi connectivity index (χ3n) is 2.68. The van der Waals surface area contributed by atoms with Gasteiger partial charge in [-0.05, 0) is 24.9 Å². The molecular weight excluding hydrogens is 212 g/mol. The van der Waals surface area contributed by atoms with Gasteiger partial charge in [0.05, 0.1) is 7.11 Å². The van der Waals surface area contributed by atoms with Crippen LogP contribution < -0.4 is 10.1 Å². The van der Waals surface area contributed by atoms with Gasteiger partial charge in [-0.1, -0.05) is 12.5 Å². The molecule has 0 radical (unpaired) electrons. The van der Waals surface area contributed by atoms with Crippen molar-refractivity contribution in [3.05, 3.63) is 23.9 Å². The van der Waals surface area contributed by atoms with Gasteiger partial charge in [0.2, 0.25) is 5.88 Å². The van der Waals surface area contributed by atoms with Gasteiger partial charge in [0.15, 0.2) is 0 Å². The first-order valence-corrected chi connectivity index (χ1v) is 5.13. The summed E-state index contributed by atoms with van der Waals surface area (Å²) in [6.07, 6.45) is 5.72. The first-order valence-electron chi connectivity index (χ1n) is 5.13. The summed E-state index contributed by atoms with van der Waals surface area (Å²) >= 11 is 0. The summed E-state index contributed by atoms with van der Waals surface area (Å²) in [5.74, 6) is 0.685. The number of rotatable bonds is 2. The SMILES string of the molecule is COc1ccc([C@@H]2CCCCN2)cn1.Cl. The van der Waals surface area contributed by atoms with Crippen LogP contribution in [0.5, 0.6) is 5.88 Å². The van der Waals surface area contributed by atoms with Crippen LogP contribution in [0.2, 0.25) is 0 Å². The number of piperidine rings is 1. The normalized spacial score (nSPS) is 20.5. The van der Waals surface area contributed by atoms with Crippen LogP contribution in [0.3, 0.4) is 0 Å². The summed E-state index contributed by atoms with van der Waals surface area (Å²) in [6, 6.07) is 4.50. The fourth-order valence-corrected chi connectivity index (χ4v) is 1.85. The molecular formula is C11H17ClN2O. The zero-order valence-electron chi connectivity index (χ0n) is 8.90. The van der Waals surface area contributed by atoms with Crippen LogP contribution in [0.1, 0.15) is 30.9 Å². The van der Waals surface area contributed by atoms with Crippen molar-refractivity contribution in [3.8, 4) is 5.88 Å². The molecule has 2 rings (SSSR count). The lowest BCUT2D eigenvalue weighted by Crippen LogP contribution is -2.26. The van der Waals surface area contributed by atoms with E-state index in [-0.39, 0.29) is 12.4 Å². The number of nitrogens with zero attached hydrogens (tertiary/aromatic N) is 1. The standard InChI is InChI=1S/C11H16N2O.ClH/c1-14-11-6-5-9(8-13-11)10-4-2-3-7-12-10;/h5-6,8,10,12H,2-4,7H2,1H3;1H/t10-;/m0./s1. The van der Waals surface area contributed by atoms with E-state index in [2.05, 4.69) is 16.4 Å². The van der Waals surface area contributed by atoms with Gasteiger partial charge in [-0.3, -0.25) is 0 Å². The molecule has 15 heavy (non-hydrogen) atoms. The molecule has 0 aromatic carbocycles. The minimum absolute atomic E-state index is 0. The van der Waals surface area contributed by atoms with Gasteiger partial charge in [0, 0.05) is 18.3 Å². The minimum Gasteiger partial charge on any atom is -0.481 e. The van der Waals surface area contributed by atoms with Crippen LogP contribution in [0.15, 0.2) is 18.3 Å². The molecule has 4 heteroatoms. The molecule has 0 amide bonds. The van der Waals surface area contributed by atoms with Crippen molar-refractivity contribution < 1.29 is 4.74 Å². The molecule has 1 aliphatic heterocycles. The second-order valence-electron chi connectivity index (χ2n) is 3.64. The Balaban J connectivity index is 0.00000112. The van der Waals surface area contributed by atoms with Crippen molar-refractivity contribution in [2.45, 2.75) is 25.3 Å². The molecule has 1 atom stereocenters. The van der Waals surface area contributed by atoms with Crippen LogP contribution >= 0.6 is 12.4 Å². The molecule has 1 saturated heterocycles. The van der Waals surface area contributed by atoms with Gasteiger partial charge in [-0.25, -0.2) is 4.98 Å². The zero-order valence-corrected chi connectivity index (χ0v) is 9.72. The highest BCUT2D eigenvalue weighted by Gasteiger charge is 2.14. The van der Waals surface area contributed by atoms with Gasteiger partial charge in [0.1, 0.15) is 0 Å². The predicted molar refractivity (Wildman–Crippen MR) is 62.6 cm³/mol. The van der Waals surface area contributed by atoms with E-state index < -0.39 is 0 Å². The van der Waals surface area contributed by atoms with Crippen LogP contribution in [-0.2, 0) is 0 Å². The van der Waals surface area contributed by atoms with Crippen LogP contribution in [-0.4, -0.2) is 18.6 Å². The maximum atomic E-state index is 5.02. The molecule has 1 aromatic rings.